The summed E-state index contributed by atoms with van der Waals surface area (Å²) in [6, 6.07) is 8.33. The largest absolute Gasteiger partial charge is 0.356 e. The average Bonchev–Trinajstić information content (AvgIpc) is 3.06. The Kier molecular flexibility index (Phi) is 5.78. The molecule has 1 amide bonds. The Bertz CT molecular complexity index is 1070. The third kappa shape index (κ3) is 3.81. The summed E-state index contributed by atoms with van der Waals surface area (Å²) in [7, 11) is 1.90. The van der Waals surface area contributed by atoms with Crippen LogP contribution in [0, 0.1) is 19.8 Å². The van der Waals surface area contributed by atoms with Crippen LogP contribution in [0.3, 0.4) is 0 Å². The van der Waals surface area contributed by atoms with Crippen molar-refractivity contribution in [1.29, 1.82) is 0 Å². The van der Waals surface area contributed by atoms with Crippen LogP contribution in [0.4, 0.5) is 11.5 Å². The Morgan fingerprint density at radius 2 is 1.93 bits per heavy atom. The van der Waals surface area contributed by atoms with Crippen molar-refractivity contribution >= 4 is 39.0 Å². The normalized spacial score (nSPS) is 15.2. The molecule has 5 nitrogen and oxygen atoms in total. The van der Waals surface area contributed by atoms with E-state index < -0.39 is 0 Å². The highest BCUT2D eigenvalue weighted by molar-refractivity contribution is 7.18. The van der Waals surface area contributed by atoms with Crippen LogP contribution in [0.2, 0.25) is 0 Å². The minimum atomic E-state index is 0.0524. The number of aryl methyl sites for hydroxylation is 2. The first kappa shape index (κ1) is 20.8. The fourth-order valence-electron chi connectivity index (χ4n) is 4.24. The van der Waals surface area contributed by atoms with E-state index in [2.05, 4.69) is 54.7 Å². The van der Waals surface area contributed by atoms with Gasteiger partial charge in [-0.05, 0) is 55.9 Å². The van der Waals surface area contributed by atoms with Crippen LogP contribution in [0.25, 0.3) is 10.2 Å². The number of carbonyl (C=O) groups is 1. The molecule has 2 aromatic heterocycles. The molecule has 158 valence electrons. The summed E-state index contributed by atoms with van der Waals surface area (Å²) in [4.78, 5) is 28.8. The van der Waals surface area contributed by atoms with E-state index in [1.165, 1.54) is 21.4 Å². The summed E-state index contributed by atoms with van der Waals surface area (Å²) >= 11 is 1.73. The zero-order valence-electron chi connectivity index (χ0n) is 18.5. The Morgan fingerprint density at radius 3 is 2.63 bits per heavy atom. The molecule has 0 atom stereocenters. The zero-order valence-corrected chi connectivity index (χ0v) is 19.3. The van der Waals surface area contributed by atoms with Crippen molar-refractivity contribution in [2.24, 2.45) is 5.92 Å². The summed E-state index contributed by atoms with van der Waals surface area (Å²) in [6.45, 7) is 10.3. The summed E-state index contributed by atoms with van der Waals surface area (Å²) in [5.41, 5.74) is 3.51. The summed E-state index contributed by atoms with van der Waals surface area (Å²) in [5, 5.41) is 1.17. The molecule has 0 spiro atoms. The molecule has 1 aliphatic rings. The molecule has 0 N–H and O–H groups in total. The number of carbonyl (C=O) groups excluding carboxylic acids is 1. The second-order valence-electron chi connectivity index (χ2n) is 8.57. The monoisotopic (exact) mass is 422 g/mol. The fourth-order valence-corrected chi connectivity index (χ4v) is 5.23. The van der Waals surface area contributed by atoms with Gasteiger partial charge in [0.25, 0.3) is 0 Å². The van der Waals surface area contributed by atoms with E-state index in [0.29, 0.717) is 5.92 Å². The van der Waals surface area contributed by atoms with Crippen molar-refractivity contribution in [3.8, 4) is 0 Å². The summed E-state index contributed by atoms with van der Waals surface area (Å²) in [6.07, 6.45) is 3.36. The maximum Gasteiger partial charge on any atom is 0.229 e. The highest BCUT2D eigenvalue weighted by atomic mass is 32.1. The molecule has 1 aliphatic heterocycles. The predicted molar refractivity (Wildman–Crippen MR) is 126 cm³/mol. The van der Waals surface area contributed by atoms with Crippen LogP contribution in [0.5, 0.6) is 0 Å². The molecular formula is C24H30N4OS. The van der Waals surface area contributed by atoms with Crippen molar-refractivity contribution in [2.75, 3.05) is 29.9 Å². The minimum absolute atomic E-state index is 0.0524. The van der Waals surface area contributed by atoms with Gasteiger partial charge >= 0.3 is 0 Å². The third-order valence-corrected chi connectivity index (χ3v) is 7.46. The number of hydrogen-bond acceptors (Lipinski definition) is 5. The van der Waals surface area contributed by atoms with Crippen LogP contribution in [-0.4, -0.2) is 36.0 Å². The smallest absolute Gasteiger partial charge is 0.229 e. The standard InChI is InChI=1S/C24H30N4OS/c1-15(2)19-7-6-8-20(13-19)27(5)24(29)18-9-11-28(12-10-18)22-21-16(3)17(4)30-23(21)26-14-25-22/h6-8,13-15,18H,9-12H2,1-5H3. The van der Waals surface area contributed by atoms with Gasteiger partial charge in [0.2, 0.25) is 5.91 Å². The van der Waals surface area contributed by atoms with Gasteiger partial charge in [-0.2, -0.15) is 0 Å². The maximum atomic E-state index is 13.2. The molecule has 0 bridgehead atoms. The zero-order chi connectivity index (χ0) is 21.4. The van der Waals surface area contributed by atoms with Crippen molar-refractivity contribution in [1.82, 2.24) is 9.97 Å². The Labute approximate surface area is 182 Å². The van der Waals surface area contributed by atoms with Gasteiger partial charge in [-0.3, -0.25) is 4.79 Å². The number of aromatic nitrogens is 2. The van der Waals surface area contributed by atoms with E-state index in [-0.39, 0.29) is 11.8 Å². The molecule has 30 heavy (non-hydrogen) atoms. The van der Waals surface area contributed by atoms with Crippen molar-refractivity contribution < 1.29 is 4.79 Å². The highest BCUT2D eigenvalue weighted by Crippen LogP contribution is 2.36. The SMILES string of the molecule is Cc1sc2ncnc(N3CCC(C(=O)N(C)c4cccc(C(C)C)c4)CC3)c2c1C. The molecule has 4 rings (SSSR count). The Balaban J connectivity index is 1.47. The number of fused-ring (bicyclic) bond motifs is 1. The van der Waals surface area contributed by atoms with Gasteiger partial charge in [0, 0.05) is 36.6 Å². The van der Waals surface area contributed by atoms with E-state index in [1.807, 2.05) is 24.1 Å². The first-order valence-corrected chi connectivity index (χ1v) is 11.5. The third-order valence-electron chi connectivity index (χ3n) is 6.34. The molecular weight excluding hydrogens is 392 g/mol. The lowest BCUT2D eigenvalue weighted by Gasteiger charge is -2.34. The highest BCUT2D eigenvalue weighted by Gasteiger charge is 2.29. The van der Waals surface area contributed by atoms with E-state index in [0.717, 1.165) is 42.3 Å². The van der Waals surface area contributed by atoms with Gasteiger partial charge in [0.15, 0.2) is 0 Å². The molecule has 1 fully saturated rings. The summed E-state index contributed by atoms with van der Waals surface area (Å²) in [5.74, 6) is 1.74. The molecule has 0 unspecified atom stereocenters. The molecule has 6 heteroatoms. The van der Waals surface area contributed by atoms with Crippen LogP contribution < -0.4 is 9.80 Å². The van der Waals surface area contributed by atoms with Crippen LogP contribution in [0.1, 0.15) is 48.6 Å². The summed E-state index contributed by atoms with van der Waals surface area (Å²) < 4.78 is 0. The molecule has 1 aromatic carbocycles. The fraction of sp³-hybridized carbons (Fsp3) is 0.458. The molecule has 0 saturated carbocycles. The number of benzene rings is 1. The van der Waals surface area contributed by atoms with Gasteiger partial charge in [-0.25, -0.2) is 9.97 Å². The van der Waals surface area contributed by atoms with E-state index >= 15 is 0 Å². The number of amides is 1. The first-order valence-electron chi connectivity index (χ1n) is 10.7. The number of hydrogen-bond donors (Lipinski definition) is 0. The average molecular weight is 423 g/mol. The van der Waals surface area contributed by atoms with Crippen molar-refractivity contribution in [2.45, 2.75) is 46.5 Å². The van der Waals surface area contributed by atoms with Crippen molar-refractivity contribution in [3.05, 3.63) is 46.6 Å². The lowest BCUT2D eigenvalue weighted by atomic mass is 9.94. The van der Waals surface area contributed by atoms with Gasteiger partial charge in [0.05, 0.1) is 5.39 Å². The van der Waals surface area contributed by atoms with Crippen LogP contribution >= 0.6 is 11.3 Å². The number of piperidine rings is 1. The van der Waals surface area contributed by atoms with Gasteiger partial charge < -0.3 is 9.80 Å². The lowest BCUT2D eigenvalue weighted by Crippen LogP contribution is -2.41. The van der Waals surface area contributed by atoms with E-state index in [1.54, 1.807) is 17.7 Å². The first-order chi connectivity index (χ1) is 14.4. The number of rotatable bonds is 4. The molecule has 1 saturated heterocycles. The van der Waals surface area contributed by atoms with E-state index in [4.69, 9.17) is 0 Å². The van der Waals surface area contributed by atoms with Crippen molar-refractivity contribution in [3.63, 3.8) is 0 Å². The predicted octanol–water partition coefficient (Wildman–Crippen LogP) is 5.31. The van der Waals surface area contributed by atoms with Gasteiger partial charge in [0.1, 0.15) is 17.0 Å². The lowest BCUT2D eigenvalue weighted by molar-refractivity contribution is -0.122. The number of thiophene rings is 1. The Hall–Kier alpha value is -2.47. The molecule has 0 radical (unpaired) electrons. The van der Waals surface area contributed by atoms with E-state index in [9.17, 15) is 4.79 Å². The molecule has 0 aliphatic carbocycles. The quantitative estimate of drug-likeness (QED) is 0.572. The maximum absolute atomic E-state index is 13.2. The van der Waals surface area contributed by atoms with Gasteiger partial charge in [-0.1, -0.05) is 26.0 Å². The van der Waals surface area contributed by atoms with Crippen LogP contribution in [0.15, 0.2) is 30.6 Å². The second kappa shape index (κ2) is 8.34. The minimum Gasteiger partial charge on any atom is -0.356 e. The number of anilines is 2. The van der Waals surface area contributed by atoms with Crippen LogP contribution in [-0.2, 0) is 4.79 Å². The topological polar surface area (TPSA) is 49.3 Å². The number of nitrogens with zero attached hydrogens (tertiary/aromatic N) is 4. The molecule has 3 heterocycles. The second-order valence-corrected chi connectivity index (χ2v) is 9.77. The Morgan fingerprint density at radius 1 is 1.20 bits per heavy atom. The molecule has 3 aromatic rings. The van der Waals surface area contributed by atoms with Gasteiger partial charge in [-0.15, -0.1) is 11.3 Å².